The van der Waals surface area contributed by atoms with Crippen molar-refractivity contribution in [3.63, 3.8) is 0 Å². The van der Waals surface area contributed by atoms with Crippen molar-refractivity contribution in [1.29, 1.82) is 0 Å². The van der Waals surface area contributed by atoms with Crippen LogP contribution in [0.3, 0.4) is 0 Å². The van der Waals surface area contributed by atoms with Crippen LogP contribution in [0.25, 0.3) is 16.8 Å². The van der Waals surface area contributed by atoms with Crippen LogP contribution in [-0.2, 0) is 0 Å². The van der Waals surface area contributed by atoms with Crippen LogP contribution in [0, 0.1) is 5.82 Å². The van der Waals surface area contributed by atoms with Gasteiger partial charge in [-0.25, -0.2) is 8.78 Å². The summed E-state index contributed by atoms with van der Waals surface area (Å²) >= 11 is 0. The Labute approximate surface area is 126 Å². The molecule has 1 unspecified atom stereocenters. The monoisotopic (exact) mass is 300 g/mol. The van der Waals surface area contributed by atoms with Crippen molar-refractivity contribution in [3.8, 4) is 11.3 Å². The van der Waals surface area contributed by atoms with Gasteiger partial charge in [-0.1, -0.05) is 24.3 Å². The quantitative estimate of drug-likeness (QED) is 0.867. The number of hydrogen-bond acceptors (Lipinski definition) is 2. The zero-order chi connectivity index (χ0) is 15.7. The van der Waals surface area contributed by atoms with Gasteiger partial charge in [0.1, 0.15) is 12.0 Å². The summed E-state index contributed by atoms with van der Waals surface area (Å²) in [7, 11) is 0. The van der Waals surface area contributed by atoms with Crippen LogP contribution in [0.15, 0.2) is 42.5 Å². The Morgan fingerprint density at radius 2 is 2.23 bits per heavy atom. The van der Waals surface area contributed by atoms with Gasteiger partial charge in [0.2, 0.25) is 0 Å². The molecule has 3 nitrogen and oxygen atoms in total. The fourth-order valence-electron chi connectivity index (χ4n) is 2.47. The second-order valence-corrected chi connectivity index (χ2v) is 5.16. The molecule has 0 bridgehead atoms. The largest absolute Gasteiger partial charge is 0.294 e. The number of benzene rings is 1. The molecule has 0 saturated carbocycles. The lowest BCUT2D eigenvalue weighted by Crippen LogP contribution is -1.99. The lowest BCUT2D eigenvalue weighted by atomic mass is 9.99. The molecule has 1 N–H and O–H groups in total. The first kappa shape index (κ1) is 14.4. The van der Waals surface area contributed by atoms with Crippen molar-refractivity contribution in [2.75, 3.05) is 0 Å². The van der Waals surface area contributed by atoms with Crippen molar-refractivity contribution < 1.29 is 13.6 Å². The number of rotatable bonds is 3. The van der Waals surface area contributed by atoms with E-state index in [1.807, 2.05) is 0 Å². The first-order valence-electron chi connectivity index (χ1n) is 6.94. The molecule has 112 valence electrons. The average Bonchev–Trinajstić information content (AvgIpc) is 2.97. The average molecular weight is 300 g/mol. The number of nitrogens with one attached hydrogen (secondary N) is 1. The van der Waals surface area contributed by atoms with Gasteiger partial charge in [-0.15, -0.1) is 0 Å². The molecule has 0 saturated heterocycles. The third kappa shape index (κ3) is 2.62. The molecule has 0 spiro atoms. The van der Waals surface area contributed by atoms with E-state index in [0.717, 1.165) is 5.57 Å². The zero-order valence-electron chi connectivity index (χ0n) is 11.9. The summed E-state index contributed by atoms with van der Waals surface area (Å²) in [6.45, 7) is 1.39. The van der Waals surface area contributed by atoms with Gasteiger partial charge < -0.3 is 0 Å². The molecule has 1 aromatic carbocycles. The van der Waals surface area contributed by atoms with Crippen molar-refractivity contribution in [2.45, 2.75) is 19.5 Å². The third-order valence-electron chi connectivity index (χ3n) is 3.59. The number of carbonyl (C=O) groups is 1. The topological polar surface area (TPSA) is 45.8 Å². The number of alkyl halides is 1. The number of aromatic nitrogens is 2. The fraction of sp³-hybridized carbons (Fsp3) is 0.176. The van der Waals surface area contributed by atoms with Gasteiger partial charge in [-0.05, 0) is 30.7 Å². The second kappa shape index (κ2) is 5.67. The lowest BCUT2D eigenvalue weighted by Gasteiger charge is -2.07. The minimum Gasteiger partial charge on any atom is -0.294 e. The minimum atomic E-state index is -0.970. The van der Waals surface area contributed by atoms with E-state index in [2.05, 4.69) is 10.2 Å². The van der Waals surface area contributed by atoms with Crippen LogP contribution in [-0.4, -0.2) is 22.2 Å². The number of ketones is 1. The molecule has 1 aliphatic carbocycles. The highest BCUT2D eigenvalue weighted by atomic mass is 19.1. The number of hydrogen-bond donors (Lipinski definition) is 1. The molecule has 0 radical (unpaired) electrons. The summed E-state index contributed by atoms with van der Waals surface area (Å²) in [6, 6.07) is 6.03. The highest BCUT2D eigenvalue weighted by molar-refractivity contribution is 6.00. The van der Waals surface area contributed by atoms with Crippen LogP contribution in [0.2, 0.25) is 0 Å². The normalized spacial score (nSPS) is 17.4. The molecule has 3 rings (SSSR count). The summed E-state index contributed by atoms with van der Waals surface area (Å²) in [5.41, 5.74) is 2.29. The Morgan fingerprint density at radius 3 is 2.91 bits per heavy atom. The number of nitrogens with zero attached hydrogens (tertiary/aromatic N) is 1. The zero-order valence-corrected chi connectivity index (χ0v) is 11.9. The van der Waals surface area contributed by atoms with Gasteiger partial charge in [0.15, 0.2) is 5.78 Å². The summed E-state index contributed by atoms with van der Waals surface area (Å²) in [5.74, 6) is -0.723. The molecule has 0 fully saturated rings. The maximum Gasteiger partial charge on any atom is 0.160 e. The molecule has 2 aromatic rings. The Balaban J connectivity index is 2.02. The van der Waals surface area contributed by atoms with Crippen LogP contribution in [0.1, 0.15) is 29.4 Å². The van der Waals surface area contributed by atoms with Gasteiger partial charge in [-0.3, -0.25) is 9.89 Å². The van der Waals surface area contributed by atoms with E-state index in [1.165, 1.54) is 25.1 Å². The number of aromatic amines is 1. The van der Waals surface area contributed by atoms with E-state index in [1.54, 1.807) is 24.3 Å². The van der Waals surface area contributed by atoms with Gasteiger partial charge in [0, 0.05) is 17.5 Å². The second-order valence-electron chi connectivity index (χ2n) is 5.16. The van der Waals surface area contributed by atoms with Gasteiger partial charge in [0.05, 0.1) is 11.4 Å². The molecule has 1 aromatic heterocycles. The predicted octanol–water partition coefficient (Wildman–Crippen LogP) is 4.10. The first-order chi connectivity index (χ1) is 10.6. The molecule has 5 heteroatoms. The highest BCUT2D eigenvalue weighted by Gasteiger charge is 2.18. The molecule has 22 heavy (non-hydrogen) atoms. The molecule has 0 aliphatic heterocycles. The standard InChI is InChI=1S/C17H14F2N2O/c1-10(22)13-3-2-4-14(19)17(13)16-9-15(20-21-16)11-5-7-12(18)8-6-11/h2-7,9,12H,8H2,1H3,(H,20,21). The summed E-state index contributed by atoms with van der Waals surface area (Å²) in [6.07, 6.45) is 4.23. The smallest absolute Gasteiger partial charge is 0.160 e. The van der Waals surface area contributed by atoms with Crippen LogP contribution in [0.4, 0.5) is 8.78 Å². The molecular formula is C17H14F2N2O. The van der Waals surface area contributed by atoms with Gasteiger partial charge in [-0.2, -0.15) is 5.10 Å². The lowest BCUT2D eigenvalue weighted by molar-refractivity contribution is 0.101. The van der Waals surface area contributed by atoms with Crippen molar-refractivity contribution >= 4 is 11.4 Å². The van der Waals surface area contributed by atoms with Crippen molar-refractivity contribution in [2.24, 2.45) is 0 Å². The highest BCUT2D eigenvalue weighted by Crippen LogP contribution is 2.29. The van der Waals surface area contributed by atoms with E-state index in [9.17, 15) is 13.6 Å². The maximum atomic E-state index is 14.1. The summed E-state index contributed by atoms with van der Waals surface area (Å²) in [5, 5.41) is 6.91. The van der Waals surface area contributed by atoms with E-state index < -0.39 is 12.0 Å². The number of H-pyrrole nitrogens is 1. The fourth-order valence-corrected chi connectivity index (χ4v) is 2.47. The number of halogens is 2. The van der Waals surface area contributed by atoms with Crippen molar-refractivity contribution in [1.82, 2.24) is 10.2 Å². The Morgan fingerprint density at radius 1 is 1.41 bits per heavy atom. The number of allylic oxidation sites excluding steroid dienone is 4. The SMILES string of the molecule is CC(=O)c1cccc(F)c1-c1cc(C2=CCC(F)C=C2)[nH]n1. The van der Waals surface area contributed by atoms with E-state index in [0.29, 0.717) is 17.8 Å². The van der Waals surface area contributed by atoms with E-state index in [-0.39, 0.29) is 16.9 Å². The number of carbonyl (C=O) groups excluding carboxylic acids is 1. The van der Waals surface area contributed by atoms with Crippen LogP contribution in [0.5, 0.6) is 0 Å². The van der Waals surface area contributed by atoms with E-state index in [4.69, 9.17) is 0 Å². The Hall–Kier alpha value is -2.56. The molecule has 1 aliphatic rings. The molecule has 1 atom stereocenters. The Kier molecular flexibility index (Phi) is 3.71. The van der Waals surface area contributed by atoms with Crippen molar-refractivity contribution in [3.05, 3.63) is 59.6 Å². The molecule has 0 amide bonds. The Bertz CT molecular complexity index is 790. The first-order valence-corrected chi connectivity index (χ1v) is 6.94. The number of Topliss-reactive ketones (excluding diaryl/α,β-unsaturated/α-hetero) is 1. The van der Waals surface area contributed by atoms with E-state index >= 15 is 0 Å². The summed E-state index contributed by atoms with van der Waals surface area (Å²) in [4.78, 5) is 11.7. The van der Waals surface area contributed by atoms with Crippen LogP contribution >= 0.6 is 0 Å². The predicted molar refractivity (Wildman–Crippen MR) is 80.6 cm³/mol. The van der Waals surface area contributed by atoms with Gasteiger partial charge >= 0.3 is 0 Å². The third-order valence-corrected chi connectivity index (χ3v) is 3.59. The molecule has 1 heterocycles. The minimum absolute atomic E-state index is 0.182. The molecular weight excluding hydrogens is 286 g/mol. The van der Waals surface area contributed by atoms with Gasteiger partial charge in [0.25, 0.3) is 0 Å². The summed E-state index contributed by atoms with van der Waals surface area (Å²) < 4.78 is 27.2. The maximum absolute atomic E-state index is 14.1. The van der Waals surface area contributed by atoms with Crippen LogP contribution < -0.4 is 0 Å².